The van der Waals surface area contributed by atoms with E-state index in [9.17, 15) is 9.90 Å². The summed E-state index contributed by atoms with van der Waals surface area (Å²) in [4.78, 5) is 16.2. The number of hydrogen-bond acceptors (Lipinski definition) is 4. The first-order chi connectivity index (χ1) is 9.65. The van der Waals surface area contributed by atoms with Crippen molar-refractivity contribution in [2.24, 2.45) is 0 Å². The fraction of sp³-hybridized carbons (Fsp3) is 0. The lowest BCUT2D eigenvalue weighted by atomic mass is 10.2. The minimum Gasteiger partial charge on any atom is -0.478 e. The molecule has 0 fully saturated rings. The van der Waals surface area contributed by atoms with Crippen LogP contribution in [0.4, 0.5) is 0 Å². The number of aromatic nitrogens is 3. The zero-order chi connectivity index (χ0) is 14.1. The van der Waals surface area contributed by atoms with Crippen molar-refractivity contribution < 1.29 is 9.90 Å². The summed E-state index contributed by atoms with van der Waals surface area (Å²) in [6, 6.07) is 8.82. The predicted octanol–water partition coefficient (Wildman–Crippen LogP) is 3.35. The first-order valence-corrected chi connectivity index (χ1v) is 6.84. The Morgan fingerprint density at radius 2 is 2.15 bits per heavy atom. The van der Waals surface area contributed by atoms with Crippen LogP contribution in [0.15, 0.2) is 42.7 Å². The second kappa shape index (κ2) is 5.07. The van der Waals surface area contributed by atoms with Crippen LogP contribution in [0.25, 0.3) is 16.4 Å². The lowest BCUT2D eigenvalue weighted by Crippen LogP contribution is -1.97. The van der Waals surface area contributed by atoms with Gasteiger partial charge >= 0.3 is 5.97 Å². The Morgan fingerprint density at radius 3 is 2.75 bits per heavy atom. The van der Waals surface area contributed by atoms with E-state index in [2.05, 4.69) is 10.1 Å². The summed E-state index contributed by atoms with van der Waals surface area (Å²) in [6.45, 7) is 0. The Bertz CT molecular complexity index is 767. The third-order valence-corrected chi connectivity index (χ3v) is 3.87. The van der Waals surface area contributed by atoms with Crippen LogP contribution in [-0.4, -0.2) is 25.8 Å². The number of thiophene rings is 1. The van der Waals surface area contributed by atoms with Crippen LogP contribution in [0.3, 0.4) is 0 Å². The maximum Gasteiger partial charge on any atom is 0.339 e. The summed E-state index contributed by atoms with van der Waals surface area (Å²) in [6.07, 6.45) is 3.08. The molecule has 0 aliphatic rings. The number of nitrogens with zero attached hydrogens (tertiary/aromatic N) is 3. The van der Waals surface area contributed by atoms with Crippen LogP contribution in [0.1, 0.15) is 10.4 Å². The van der Waals surface area contributed by atoms with Crippen LogP contribution in [0.2, 0.25) is 4.34 Å². The number of pyridine rings is 1. The van der Waals surface area contributed by atoms with Gasteiger partial charge in [-0.1, -0.05) is 17.7 Å². The van der Waals surface area contributed by atoms with Gasteiger partial charge in [0.15, 0.2) is 5.82 Å². The van der Waals surface area contributed by atoms with Crippen LogP contribution in [0, 0.1) is 0 Å². The van der Waals surface area contributed by atoms with Crippen molar-refractivity contribution >= 4 is 28.9 Å². The molecule has 0 atom stereocenters. The van der Waals surface area contributed by atoms with E-state index in [1.165, 1.54) is 22.2 Å². The van der Waals surface area contributed by atoms with E-state index in [1.807, 2.05) is 6.07 Å². The highest BCUT2D eigenvalue weighted by Crippen LogP contribution is 2.32. The predicted molar refractivity (Wildman–Crippen MR) is 76.6 cm³/mol. The maximum absolute atomic E-state index is 11.3. The Labute approximate surface area is 123 Å². The Balaban J connectivity index is 2.15. The van der Waals surface area contributed by atoms with E-state index in [0.29, 0.717) is 20.7 Å². The molecule has 0 saturated carbocycles. The normalized spacial score (nSPS) is 10.7. The Morgan fingerprint density at radius 1 is 1.30 bits per heavy atom. The molecule has 7 heteroatoms. The van der Waals surface area contributed by atoms with Gasteiger partial charge in [-0.3, -0.25) is 0 Å². The smallest absolute Gasteiger partial charge is 0.339 e. The fourth-order valence-electron chi connectivity index (χ4n) is 1.76. The lowest BCUT2D eigenvalue weighted by molar-refractivity contribution is 0.0697. The zero-order valence-electron chi connectivity index (χ0n) is 10.0. The molecule has 1 N–H and O–H groups in total. The summed E-state index contributed by atoms with van der Waals surface area (Å²) in [5.74, 6) is -0.476. The van der Waals surface area contributed by atoms with Gasteiger partial charge in [0.05, 0.1) is 9.21 Å². The SMILES string of the molecule is O=C(O)c1cn(-c2ccccn2)nc1-c1ccc(Cl)s1. The number of aromatic carboxylic acids is 1. The molecule has 0 aliphatic heterocycles. The average molecular weight is 306 g/mol. The number of carboxylic acids is 1. The Hall–Kier alpha value is -2.18. The third kappa shape index (κ3) is 2.31. The van der Waals surface area contributed by atoms with Gasteiger partial charge in [0.2, 0.25) is 0 Å². The maximum atomic E-state index is 11.3. The van der Waals surface area contributed by atoms with Crippen molar-refractivity contribution in [3.05, 3.63) is 52.6 Å². The summed E-state index contributed by atoms with van der Waals surface area (Å²) in [5.41, 5.74) is 0.509. The molecule has 100 valence electrons. The molecular weight excluding hydrogens is 298 g/mol. The van der Waals surface area contributed by atoms with Gasteiger partial charge in [-0.15, -0.1) is 11.3 Å². The molecule has 3 aromatic heterocycles. The lowest BCUT2D eigenvalue weighted by Gasteiger charge is -1.97. The van der Waals surface area contributed by atoms with E-state index in [1.54, 1.807) is 30.5 Å². The third-order valence-electron chi connectivity index (χ3n) is 2.64. The van der Waals surface area contributed by atoms with Gasteiger partial charge in [0, 0.05) is 12.4 Å². The van der Waals surface area contributed by atoms with Gasteiger partial charge in [0.1, 0.15) is 11.3 Å². The second-order valence-corrected chi connectivity index (χ2v) is 5.65. The molecule has 3 heterocycles. The molecule has 0 aliphatic carbocycles. The summed E-state index contributed by atoms with van der Waals surface area (Å²) in [5, 5.41) is 13.6. The number of halogens is 1. The first-order valence-electron chi connectivity index (χ1n) is 5.65. The summed E-state index contributed by atoms with van der Waals surface area (Å²) >= 11 is 7.18. The van der Waals surface area contributed by atoms with Gasteiger partial charge in [0.25, 0.3) is 0 Å². The molecule has 20 heavy (non-hydrogen) atoms. The highest BCUT2D eigenvalue weighted by molar-refractivity contribution is 7.19. The van der Waals surface area contributed by atoms with Crippen molar-refractivity contribution in [2.45, 2.75) is 0 Å². The quantitative estimate of drug-likeness (QED) is 0.805. The molecule has 0 saturated heterocycles. The molecule has 0 radical (unpaired) electrons. The van der Waals surface area contributed by atoms with E-state index in [4.69, 9.17) is 11.6 Å². The topological polar surface area (TPSA) is 68.0 Å². The van der Waals surface area contributed by atoms with E-state index >= 15 is 0 Å². The number of rotatable bonds is 3. The second-order valence-electron chi connectivity index (χ2n) is 3.93. The van der Waals surface area contributed by atoms with Crippen LogP contribution in [0.5, 0.6) is 0 Å². The average Bonchev–Trinajstić information content (AvgIpc) is 3.05. The van der Waals surface area contributed by atoms with Crippen LogP contribution >= 0.6 is 22.9 Å². The molecule has 0 unspecified atom stereocenters. The highest BCUT2D eigenvalue weighted by atomic mass is 35.5. The number of carbonyl (C=O) groups is 1. The molecule has 3 rings (SSSR count). The van der Waals surface area contributed by atoms with Gasteiger partial charge < -0.3 is 5.11 Å². The van der Waals surface area contributed by atoms with Crippen LogP contribution < -0.4 is 0 Å². The first kappa shape index (κ1) is 12.8. The molecule has 3 aromatic rings. The van der Waals surface area contributed by atoms with E-state index in [0.717, 1.165) is 0 Å². The largest absolute Gasteiger partial charge is 0.478 e. The van der Waals surface area contributed by atoms with Crippen molar-refractivity contribution in [1.29, 1.82) is 0 Å². The molecule has 5 nitrogen and oxygen atoms in total. The number of hydrogen-bond donors (Lipinski definition) is 1. The minimum atomic E-state index is -1.04. The van der Waals surface area contributed by atoms with Crippen molar-refractivity contribution in [1.82, 2.24) is 14.8 Å². The Kier molecular flexibility index (Phi) is 3.25. The van der Waals surface area contributed by atoms with Crippen molar-refractivity contribution in [2.75, 3.05) is 0 Å². The fourth-order valence-corrected chi connectivity index (χ4v) is 2.80. The summed E-state index contributed by atoms with van der Waals surface area (Å²) in [7, 11) is 0. The molecule has 0 aromatic carbocycles. The van der Waals surface area contributed by atoms with Crippen LogP contribution in [-0.2, 0) is 0 Å². The molecule has 0 amide bonds. The van der Waals surface area contributed by atoms with Crippen molar-refractivity contribution in [3.63, 3.8) is 0 Å². The summed E-state index contributed by atoms with van der Waals surface area (Å²) < 4.78 is 2.04. The molecular formula is C13H8ClN3O2S. The van der Waals surface area contributed by atoms with Gasteiger partial charge in [-0.25, -0.2) is 14.5 Å². The van der Waals surface area contributed by atoms with Crippen molar-refractivity contribution in [3.8, 4) is 16.4 Å². The monoisotopic (exact) mass is 305 g/mol. The van der Waals surface area contributed by atoms with E-state index in [-0.39, 0.29) is 5.56 Å². The van der Waals surface area contributed by atoms with E-state index < -0.39 is 5.97 Å². The minimum absolute atomic E-state index is 0.120. The zero-order valence-corrected chi connectivity index (χ0v) is 11.6. The molecule has 0 spiro atoms. The number of carboxylic acid groups (broad SMARTS) is 1. The van der Waals surface area contributed by atoms with Gasteiger partial charge in [-0.2, -0.15) is 5.10 Å². The standard InChI is InChI=1S/C13H8ClN3O2S/c14-10-5-4-9(20-10)12-8(13(18)19)7-17(16-12)11-3-1-2-6-15-11/h1-7H,(H,18,19). The molecule has 0 bridgehead atoms. The highest BCUT2D eigenvalue weighted by Gasteiger charge is 2.19. The van der Waals surface area contributed by atoms with Gasteiger partial charge in [-0.05, 0) is 24.3 Å².